The Kier molecular flexibility index (Phi) is 4.18. The second kappa shape index (κ2) is 5.35. The van der Waals surface area contributed by atoms with Gasteiger partial charge in [-0.2, -0.15) is 0 Å². The first kappa shape index (κ1) is 14.1. The van der Waals surface area contributed by atoms with Crippen LogP contribution in [0.15, 0.2) is 21.2 Å². The highest BCUT2D eigenvalue weighted by Crippen LogP contribution is 2.39. The lowest BCUT2D eigenvalue weighted by Gasteiger charge is -2.30. The molecule has 6 heteroatoms. The van der Waals surface area contributed by atoms with Gasteiger partial charge in [0.15, 0.2) is 0 Å². The predicted octanol–water partition coefficient (Wildman–Crippen LogP) is 2.68. The van der Waals surface area contributed by atoms with Gasteiger partial charge in [0.1, 0.15) is 21.7 Å². The van der Waals surface area contributed by atoms with E-state index in [0.29, 0.717) is 18.6 Å². The normalized spacial score (nSPS) is 27.1. The van der Waals surface area contributed by atoms with Crippen LogP contribution in [0.2, 0.25) is 0 Å². The Morgan fingerprint density at radius 3 is 2.78 bits per heavy atom. The summed E-state index contributed by atoms with van der Waals surface area (Å²) in [6.07, 6.45) is 4.92. The molecule has 0 spiro atoms. The van der Waals surface area contributed by atoms with Gasteiger partial charge in [0.25, 0.3) is 0 Å². The van der Waals surface area contributed by atoms with Crippen molar-refractivity contribution in [1.82, 2.24) is 0 Å². The molecule has 1 aliphatic rings. The van der Waals surface area contributed by atoms with E-state index in [1.54, 1.807) is 6.07 Å². The van der Waals surface area contributed by atoms with Crippen LogP contribution in [0.5, 0.6) is 0 Å². The van der Waals surface area contributed by atoms with Crippen LogP contribution in [-0.2, 0) is 9.84 Å². The fraction of sp³-hybridized carbons (Fsp3) is 0.667. The monoisotopic (exact) mass is 336 g/mol. The third-order valence-corrected chi connectivity index (χ3v) is 5.93. The van der Waals surface area contributed by atoms with Crippen LogP contribution in [-0.4, -0.2) is 25.0 Å². The highest BCUT2D eigenvalue weighted by Gasteiger charge is 2.34. The first-order valence-electron chi connectivity index (χ1n) is 5.99. The van der Waals surface area contributed by atoms with Crippen LogP contribution in [0.3, 0.4) is 0 Å². The molecule has 0 aromatic carbocycles. The van der Waals surface area contributed by atoms with Crippen molar-refractivity contribution in [2.75, 3.05) is 6.26 Å². The first-order valence-corrected chi connectivity index (χ1v) is 8.74. The average molecular weight is 337 g/mol. The molecule has 18 heavy (non-hydrogen) atoms. The zero-order valence-corrected chi connectivity index (χ0v) is 12.6. The summed E-state index contributed by atoms with van der Waals surface area (Å²) in [5.74, 6) is 0.440. The van der Waals surface area contributed by atoms with Crippen LogP contribution in [0.25, 0.3) is 0 Å². The molecule has 0 radical (unpaired) electrons. The molecule has 0 aliphatic heterocycles. The van der Waals surface area contributed by atoms with Crippen molar-refractivity contribution in [3.05, 3.63) is 22.6 Å². The van der Waals surface area contributed by atoms with Gasteiger partial charge in [-0.1, -0.05) is 6.42 Å². The smallest absolute Gasteiger partial charge is 0.150 e. The molecule has 0 saturated heterocycles. The largest absolute Gasteiger partial charge is 0.465 e. The van der Waals surface area contributed by atoms with Crippen LogP contribution >= 0.6 is 15.9 Å². The van der Waals surface area contributed by atoms with Crippen molar-refractivity contribution in [2.45, 2.75) is 37.0 Å². The summed E-state index contributed by atoms with van der Waals surface area (Å²) in [5, 5.41) is 9.95. The lowest BCUT2D eigenvalue weighted by Crippen LogP contribution is -2.30. The highest BCUT2D eigenvalue weighted by molar-refractivity contribution is 9.10. The van der Waals surface area contributed by atoms with Crippen LogP contribution < -0.4 is 0 Å². The third kappa shape index (κ3) is 2.97. The SMILES string of the molecule is CS(=O)(=O)C1CCCC(C(O)c2occc2Br)C1. The number of sulfone groups is 1. The first-order chi connectivity index (χ1) is 8.39. The average Bonchev–Trinajstić information content (AvgIpc) is 2.73. The van der Waals surface area contributed by atoms with Gasteiger partial charge in [-0.15, -0.1) is 0 Å². The molecular formula is C12H17BrO4S. The summed E-state index contributed by atoms with van der Waals surface area (Å²) >= 11 is 3.32. The maximum Gasteiger partial charge on any atom is 0.150 e. The van der Waals surface area contributed by atoms with Gasteiger partial charge in [-0.3, -0.25) is 0 Å². The van der Waals surface area contributed by atoms with Crippen molar-refractivity contribution >= 4 is 25.8 Å². The van der Waals surface area contributed by atoms with Crippen molar-refractivity contribution < 1.29 is 17.9 Å². The maximum atomic E-state index is 11.6. The number of aliphatic hydroxyl groups is 1. The van der Waals surface area contributed by atoms with Gasteiger partial charge in [-0.25, -0.2) is 8.42 Å². The zero-order chi connectivity index (χ0) is 13.3. The van der Waals surface area contributed by atoms with Gasteiger partial charge in [0.05, 0.1) is 16.0 Å². The van der Waals surface area contributed by atoms with E-state index in [1.165, 1.54) is 12.5 Å². The van der Waals surface area contributed by atoms with E-state index in [2.05, 4.69) is 15.9 Å². The molecule has 3 atom stereocenters. The van der Waals surface area contributed by atoms with E-state index in [1.807, 2.05) is 0 Å². The van der Waals surface area contributed by atoms with E-state index in [-0.39, 0.29) is 11.2 Å². The second-order valence-electron chi connectivity index (χ2n) is 4.96. The molecule has 102 valence electrons. The van der Waals surface area contributed by atoms with E-state index in [4.69, 9.17) is 4.42 Å². The fourth-order valence-electron chi connectivity index (χ4n) is 2.59. The summed E-state index contributed by atoms with van der Waals surface area (Å²) in [6.45, 7) is 0. The van der Waals surface area contributed by atoms with Crippen molar-refractivity contribution in [2.24, 2.45) is 5.92 Å². The van der Waals surface area contributed by atoms with Crippen molar-refractivity contribution in [3.63, 3.8) is 0 Å². The molecule has 1 N–H and O–H groups in total. The number of furan rings is 1. The summed E-state index contributed by atoms with van der Waals surface area (Å²) in [7, 11) is -3.02. The Balaban J connectivity index is 2.12. The zero-order valence-electron chi connectivity index (χ0n) is 10.2. The van der Waals surface area contributed by atoms with Gasteiger partial charge >= 0.3 is 0 Å². The molecular weight excluding hydrogens is 320 g/mol. The van der Waals surface area contributed by atoms with E-state index >= 15 is 0 Å². The number of hydrogen-bond donors (Lipinski definition) is 1. The topological polar surface area (TPSA) is 67.5 Å². The number of aliphatic hydroxyl groups excluding tert-OH is 1. The Bertz CT molecular complexity index is 508. The third-order valence-electron chi connectivity index (χ3n) is 3.63. The minimum Gasteiger partial charge on any atom is -0.465 e. The summed E-state index contributed by atoms with van der Waals surface area (Å²) in [4.78, 5) is 0. The molecule has 1 heterocycles. The van der Waals surface area contributed by atoms with Crippen LogP contribution in [0.4, 0.5) is 0 Å². The van der Waals surface area contributed by atoms with Gasteiger partial charge in [0, 0.05) is 6.26 Å². The number of hydrogen-bond acceptors (Lipinski definition) is 4. The quantitative estimate of drug-likeness (QED) is 0.921. The van der Waals surface area contributed by atoms with Crippen LogP contribution in [0, 0.1) is 5.92 Å². The minimum absolute atomic E-state index is 0.0547. The van der Waals surface area contributed by atoms with E-state index in [0.717, 1.165) is 17.3 Å². The van der Waals surface area contributed by atoms with Crippen LogP contribution in [0.1, 0.15) is 37.5 Å². The molecule has 0 amide bonds. The maximum absolute atomic E-state index is 11.6. The van der Waals surface area contributed by atoms with Gasteiger partial charge < -0.3 is 9.52 Å². The molecule has 1 aromatic heterocycles. The lowest BCUT2D eigenvalue weighted by molar-refractivity contribution is 0.0654. The standard InChI is InChI=1S/C12H17BrO4S/c1-18(15,16)9-4-2-3-8(7-9)11(14)12-10(13)5-6-17-12/h5-6,8-9,11,14H,2-4,7H2,1H3. The Labute approximate surface area is 115 Å². The lowest BCUT2D eigenvalue weighted by atomic mass is 9.84. The minimum atomic E-state index is -3.02. The predicted molar refractivity (Wildman–Crippen MR) is 72.0 cm³/mol. The van der Waals surface area contributed by atoms with Crippen molar-refractivity contribution in [1.29, 1.82) is 0 Å². The fourth-order valence-corrected chi connectivity index (χ4v) is 4.21. The molecule has 3 unspecified atom stereocenters. The molecule has 1 saturated carbocycles. The Morgan fingerprint density at radius 2 is 2.22 bits per heavy atom. The molecule has 4 nitrogen and oxygen atoms in total. The van der Waals surface area contributed by atoms with Gasteiger partial charge in [-0.05, 0) is 47.2 Å². The second-order valence-corrected chi connectivity index (χ2v) is 8.14. The number of halogens is 1. The highest BCUT2D eigenvalue weighted by atomic mass is 79.9. The molecule has 1 aliphatic carbocycles. The summed E-state index contributed by atoms with van der Waals surface area (Å²) in [6, 6.07) is 1.73. The van der Waals surface area contributed by atoms with E-state index in [9.17, 15) is 13.5 Å². The summed E-state index contributed by atoms with van der Waals surface area (Å²) < 4.78 is 29.2. The molecule has 1 aromatic rings. The summed E-state index contributed by atoms with van der Waals surface area (Å²) in [5.41, 5.74) is 0. The van der Waals surface area contributed by atoms with E-state index < -0.39 is 15.9 Å². The molecule has 2 rings (SSSR count). The molecule has 1 fully saturated rings. The van der Waals surface area contributed by atoms with Gasteiger partial charge in [0.2, 0.25) is 0 Å². The Hall–Kier alpha value is -0.330. The van der Waals surface area contributed by atoms with Crippen molar-refractivity contribution in [3.8, 4) is 0 Å². The Morgan fingerprint density at radius 1 is 1.50 bits per heavy atom. The molecule has 0 bridgehead atoms. The number of rotatable bonds is 3.